The van der Waals surface area contributed by atoms with E-state index in [4.69, 9.17) is 4.74 Å². The Hall–Kier alpha value is -3.61. The van der Waals surface area contributed by atoms with Gasteiger partial charge in [-0.3, -0.25) is 10.1 Å². The normalized spacial score (nSPS) is 11.2. The zero-order valence-electron chi connectivity index (χ0n) is 19.5. The molecule has 3 rings (SSSR count). The van der Waals surface area contributed by atoms with Crippen LogP contribution in [0.2, 0.25) is 0 Å². The lowest BCUT2D eigenvalue weighted by molar-refractivity contribution is 0.0635. The van der Waals surface area contributed by atoms with Gasteiger partial charge in [0.1, 0.15) is 5.60 Å². The van der Waals surface area contributed by atoms with E-state index in [9.17, 15) is 9.59 Å². The van der Waals surface area contributed by atoms with Crippen molar-refractivity contribution < 1.29 is 14.3 Å². The second-order valence-electron chi connectivity index (χ2n) is 8.77. The van der Waals surface area contributed by atoms with Gasteiger partial charge in [-0.25, -0.2) is 9.48 Å². The Morgan fingerprint density at radius 1 is 1.06 bits per heavy atom. The van der Waals surface area contributed by atoms with E-state index in [1.807, 2.05) is 48.9 Å². The summed E-state index contributed by atoms with van der Waals surface area (Å²) in [6, 6.07) is 16.7. The third kappa shape index (κ3) is 5.55. The molecule has 2 aromatic carbocycles. The van der Waals surface area contributed by atoms with Crippen molar-refractivity contribution in [3.8, 4) is 5.69 Å². The van der Waals surface area contributed by atoms with Crippen LogP contribution in [0.3, 0.4) is 0 Å². The second-order valence-corrected chi connectivity index (χ2v) is 8.77. The highest BCUT2D eigenvalue weighted by molar-refractivity contribution is 5.96. The van der Waals surface area contributed by atoms with E-state index < -0.39 is 11.7 Å². The predicted molar refractivity (Wildman–Crippen MR) is 125 cm³/mol. The van der Waals surface area contributed by atoms with Gasteiger partial charge in [0.25, 0.3) is 5.91 Å². The first kappa shape index (κ1) is 23.1. The molecule has 0 aliphatic rings. The molecular formula is C25H30N4O3. The van der Waals surface area contributed by atoms with Crippen molar-refractivity contribution in [3.05, 3.63) is 77.1 Å². The minimum Gasteiger partial charge on any atom is -0.444 e. The van der Waals surface area contributed by atoms with Crippen molar-refractivity contribution in [2.45, 2.75) is 46.8 Å². The highest BCUT2D eigenvalue weighted by atomic mass is 16.6. The van der Waals surface area contributed by atoms with E-state index in [0.29, 0.717) is 17.8 Å². The van der Waals surface area contributed by atoms with Gasteiger partial charge in [-0.15, -0.1) is 0 Å². The van der Waals surface area contributed by atoms with Gasteiger partial charge in [0.2, 0.25) is 0 Å². The second kappa shape index (κ2) is 9.26. The molecule has 0 saturated carbocycles. The van der Waals surface area contributed by atoms with Crippen molar-refractivity contribution in [2.75, 3.05) is 12.4 Å². The molecule has 0 atom stereocenters. The Bertz CT molecular complexity index is 1110. The number of ether oxygens (including phenoxy) is 1. The molecule has 0 saturated heterocycles. The van der Waals surface area contributed by atoms with Gasteiger partial charge in [-0.2, -0.15) is 5.10 Å². The molecule has 1 N–H and O–H groups in total. The van der Waals surface area contributed by atoms with Crippen LogP contribution in [0.1, 0.15) is 48.1 Å². The van der Waals surface area contributed by atoms with Crippen molar-refractivity contribution in [1.29, 1.82) is 0 Å². The number of hydrogen-bond donors (Lipinski definition) is 1. The van der Waals surface area contributed by atoms with Crippen molar-refractivity contribution in [2.24, 2.45) is 0 Å². The number of aromatic nitrogens is 2. The quantitative estimate of drug-likeness (QED) is 0.605. The van der Waals surface area contributed by atoms with E-state index in [2.05, 4.69) is 10.4 Å². The van der Waals surface area contributed by atoms with Crippen LogP contribution in [0.4, 0.5) is 10.5 Å². The van der Waals surface area contributed by atoms with Crippen LogP contribution < -0.4 is 5.32 Å². The highest BCUT2D eigenvalue weighted by Gasteiger charge is 2.20. The van der Waals surface area contributed by atoms with E-state index in [-0.39, 0.29) is 5.91 Å². The Labute approximate surface area is 189 Å². The molecule has 0 spiro atoms. The Morgan fingerprint density at radius 2 is 1.75 bits per heavy atom. The molecule has 0 aliphatic carbocycles. The van der Waals surface area contributed by atoms with Crippen LogP contribution in [0.25, 0.3) is 5.69 Å². The monoisotopic (exact) mass is 434 g/mol. The van der Waals surface area contributed by atoms with Crippen molar-refractivity contribution >= 4 is 17.7 Å². The lowest BCUT2D eigenvalue weighted by Gasteiger charge is -2.20. The first-order chi connectivity index (χ1) is 15.0. The summed E-state index contributed by atoms with van der Waals surface area (Å²) in [7, 11) is 1.76. The summed E-state index contributed by atoms with van der Waals surface area (Å²) in [5, 5.41) is 7.34. The summed E-state index contributed by atoms with van der Waals surface area (Å²) < 4.78 is 7.18. The molecule has 1 aromatic heterocycles. The van der Waals surface area contributed by atoms with Crippen LogP contribution in [0.15, 0.2) is 54.6 Å². The number of aryl methyl sites for hydroxylation is 1. The summed E-state index contributed by atoms with van der Waals surface area (Å²) in [6.07, 6.45) is -0.560. The largest absolute Gasteiger partial charge is 0.444 e. The predicted octanol–water partition coefficient (Wildman–Crippen LogP) is 5.11. The molecule has 168 valence electrons. The van der Waals surface area contributed by atoms with Gasteiger partial charge >= 0.3 is 6.09 Å². The fourth-order valence-electron chi connectivity index (χ4n) is 3.41. The van der Waals surface area contributed by atoms with E-state index in [1.54, 1.807) is 57.0 Å². The maximum Gasteiger partial charge on any atom is 0.412 e. The number of carbonyl (C=O) groups is 2. The maximum absolute atomic E-state index is 13.1. The lowest BCUT2D eigenvalue weighted by atomic mass is 10.1. The van der Waals surface area contributed by atoms with Crippen LogP contribution in [-0.4, -0.2) is 39.3 Å². The molecule has 0 aliphatic heterocycles. The summed E-state index contributed by atoms with van der Waals surface area (Å²) in [5.41, 5.74) is 4.24. The highest BCUT2D eigenvalue weighted by Crippen LogP contribution is 2.21. The Kier molecular flexibility index (Phi) is 6.67. The van der Waals surface area contributed by atoms with Crippen LogP contribution in [0, 0.1) is 13.8 Å². The Morgan fingerprint density at radius 3 is 2.41 bits per heavy atom. The zero-order chi connectivity index (χ0) is 23.5. The molecule has 7 nitrogen and oxygen atoms in total. The third-order valence-corrected chi connectivity index (χ3v) is 4.94. The maximum atomic E-state index is 13.1. The first-order valence-electron chi connectivity index (χ1n) is 10.5. The number of rotatable bonds is 5. The molecule has 2 amide bonds. The Balaban J connectivity index is 1.74. The van der Waals surface area contributed by atoms with Crippen LogP contribution in [-0.2, 0) is 11.3 Å². The first-order valence-corrected chi connectivity index (χ1v) is 10.5. The van der Waals surface area contributed by atoms with Crippen LogP contribution >= 0.6 is 0 Å². The SMILES string of the molecule is Cc1nn(-c2ccccc2)c(C)c1CN(C)C(=O)c1cccc(NC(=O)OC(C)(C)C)c1. The number of para-hydroxylation sites is 1. The van der Waals surface area contributed by atoms with E-state index in [1.165, 1.54) is 0 Å². The molecule has 7 heteroatoms. The molecular weight excluding hydrogens is 404 g/mol. The summed E-state index contributed by atoms with van der Waals surface area (Å²) in [4.78, 5) is 26.8. The molecule has 3 aromatic rings. The zero-order valence-corrected chi connectivity index (χ0v) is 19.5. The van der Waals surface area contributed by atoms with E-state index >= 15 is 0 Å². The van der Waals surface area contributed by atoms with Crippen molar-refractivity contribution in [1.82, 2.24) is 14.7 Å². The van der Waals surface area contributed by atoms with Gasteiger partial charge in [0.05, 0.1) is 11.4 Å². The van der Waals surface area contributed by atoms with Crippen molar-refractivity contribution in [3.63, 3.8) is 0 Å². The minimum absolute atomic E-state index is 0.149. The summed E-state index contributed by atoms with van der Waals surface area (Å²) >= 11 is 0. The molecule has 0 unspecified atom stereocenters. The topological polar surface area (TPSA) is 76.5 Å². The van der Waals surface area contributed by atoms with Gasteiger partial charge in [-0.05, 0) is 65.0 Å². The standard InChI is InChI=1S/C25H30N4O3/c1-17-22(18(2)29(27-17)21-13-8-7-9-14-21)16-28(6)23(30)19-11-10-12-20(15-19)26-24(31)32-25(3,4)5/h7-15H,16H2,1-6H3,(H,26,31). The number of nitrogens with one attached hydrogen (secondary N) is 1. The van der Waals surface area contributed by atoms with Gasteiger partial charge < -0.3 is 9.64 Å². The number of nitrogens with zero attached hydrogens (tertiary/aromatic N) is 3. The molecule has 0 radical (unpaired) electrons. The fraction of sp³-hybridized carbons (Fsp3) is 0.320. The van der Waals surface area contributed by atoms with Gasteiger partial charge in [0.15, 0.2) is 0 Å². The molecule has 0 bridgehead atoms. The molecule has 1 heterocycles. The number of anilines is 1. The summed E-state index contributed by atoms with van der Waals surface area (Å²) in [5.74, 6) is -0.149. The number of amides is 2. The number of carbonyl (C=O) groups excluding carboxylic acids is 2. The average Bonchev–Trinajstić information content (AvgIpc) is 3.00. The average molecular weight is 435 g/mol. The van der Waals surface area contributed by atoms with Gasteiger partial charge in [-0.1, -0.05) is 24.3 Å². The minimum atomic E-state index is -0.600. The fourth-order valence-corrected chi connectivity index (χ4v) is 3.41. The van der Waals surface area contributed by atoms with Crippen LogP contribution in [0.5, 0.6) is 0 Å². The lowest BCUT2D eigenvalue weighted by Crippen LogP contribution is -2.28. The smallest absolute Gasteiger partial charge is 0.412 e. The number of benzene rings is 2. The third-order valence-electron chi connectivity index (χ3n) is 4.94. The summed E-state index contributed by atoms with van der Waals surface area (Å²) in [6.45, 7) is 9.77. The van der Waals surface area contributed by atoms with Gasteiger partial charge in [0, 0.05) is 36.1 Å². The number of hydrogen-bond acceptors (Lipinski definition) is 4. The molecule has 32 heavy (non-hydrogen) atoms. The van der Waals surface area contributed by atoms with E-state index in [0.717, 1.165) is 22.6 Å². The molecule has 0 fully saturated rings.